The lowest BCUT2D eigenvalue weighted by Crippen LogP contribution is -2.49. The van der Waals surface area contributed by atoms with E-state index in [1.165, 1.54) is 0 Å². The molecule has 2 aromatic rings. The zero-order chi connectivity index (χ0) is 22.2. The van der Waals surface area contributed by atoms with Crippen LogP contribution in [0.15, 0.2) is 42.5 Å². The first-order valence-corrected chi connectivity index (χ1v) is 11.0. The molecule has 0 unspecified atom stereocenters. The first-order valence-electron chi connectivity index (χ1n) is 11.0. The molecule has 1 aliphatic rings. The van der Waals surface area contributed by atoms with Crippen molar-refractivity contribution in [2.75, 3.05) is 19.8 Å². The van der Waals surface area contributed by atoms with Crippen LogP contribution in [-0.2, 0) is 22.6 Å². The normalized spacial score (nSPS) is 13.4. The van der Waals surface area contributed by atoms with Crippen LogP contribution in [0.25, 0.3) is 0 Å². The van der Waals surface area contributed by atoms with Crippen LogP contribution in [0, 0.1) is 6.92 Å². The second kappa shape index (κ2) is 10.8. The Morgan fingerprint density at radius 2 is 1.81 bits per heavy atom. The number of nitrogens with one attached hydrogen (secondary N) is 1. The summed E-state index contributed by atoms with van der Waals surface area (Å²) in [4.78, 5) is 27.7. The van der Waals surface area contributed by atoms with E-state index in [4.69, 9.17) is 9.47 Å². The molecule has 166 valence electrons. The van der Waals surface area contributed by atoms with Gasteiger partial charge in [0, 0.05) is 19.5 Å². The predicted molar refractivity (Wildman–Crippen MR) is 120 cm³/mol. The lowest BCUT2D eigenvalue weighted by atomic mass is 10.0. The molecule has 3 rings (SSSR count). The van der Waals surface area contributed by atoms with Crippen LogP contribution in [0.1, 0.15) is 43.4 Å². The zero-order valence-electron chi connectivity index (χ0n) is 18.6. The minimum Gasteiger partial charge on any atom is -0.486 e. The monoisotopic (exact) mass is 424 g/mol. The van der Waals surface area contributed by atoms with Crippen molar-refractivity contribution in [2.45, 2.75) is 52.6 Å². The van der Waals surface area contributed by atoms with E-state index in [9.17, 15) is 9.59 Å². The Bertz CT molecular complexity index is 912. The summed E-state index contributed by atoms with van der Waals surface area (Å²) in [6, 6.07) is 13.3. The molecule has 0 aromatic heterocycles. The van der Waals surface area contributed by atoms with Gasteiger partial charge in [-0.2, -0.15) is 0 Å². The smallest absolute Gasteiger partial charge is 0.242 e. The summed E-state index contributed by atoms with van der Waals surface area (Å²) in [5.74, 6) is 1.33. The van der Waals surface area contributed by atoms with E-state index in [0.29, 0.717) is 45.6 Å². The molecule has 0 radical (unpaired) electrons. The van der Waals surface area contributed by atoms with E-state index >= 15 is 0 Å². The van der Waals surface area contributed by atoms with Crippen molar-refractivity contribution in [3.05, 3.63) is 59.2 Å². The van der Waals surface area contributed by atoms with Crippen LogP contribution >= 0.6 is 0 Å². The molecule has 1 aliphatic heterocycles. The molecule has 0 spiro atoms. The van der Waals surface area contributed by atoms with Gasteiger partial charge in [0.25, 0.3) is 0 Å². The fraction of sp³-hybridized carbons (Fsp3) is 0.440. The number of aryl methyl sites for hydroxylation is 2. The number of hydrogen-bond donors (Lipinski definition) is 1. The molecule has 1 atom stereocenters. The number of fused-ring (bicyclic) bond motifs is 1. The average Bonchev–Trinajstić information content (AvgIpc) is 2.78. The minimum absolute atomic E-state index is 0.0313. The number of rotatable bonds is 9. The highest BCUT2D eigenvalue weighted by molar-refractivity contribution is 5.87. The van der Waals surface area contributed by atoms with E-state index in [2.05, 4.69) is 5.32 Å². The van der Waals surface area contributed by atoms with Crippen molar-refractivity contribution in [2.24, 2.45) is 0 Å². The number of carbonyl (C=O) groups excluding carboxylic acids is 2. The Morgan fingerprint density at radius 3 is 2.52 bits per heavy atom. The molecule has 2 aromatic carbocycles. The van der Waals surface area contributed by atoms with Gasteiger partial charge in [-0.1, -0.05) is 37.3 Å². The number of amides is 2. The quantitative estimate of drug-likeness (QED) is 0.667. The van der Waals surface area contributed by atoms with Crippen LogP contribution in [0.2, 0.25) is 0 Å². The number of carbonyl (C=O) groups is 2. The Hall–Kier alpha value is -3.02. The molecule has 0 fully saturated rings. The molecular weight excluding hydrogens is 392 g/mol. The summed E-state index contributed by atoms with van der Waals surface area (Å²) in [5, 5.41) is 2.88. The standard InChI is InChI=1S/C25H32N2O4/c1-4-21(25(29)26-5-2)27(17-20-9-7-6-8-18(20)3)24(28)13-11-19-10-12-22-23(16-19)31-15-14-30-22/h6-10,12,16,21H,4-5,11,13-15,17H2,1-3H3,(H,26,29)/t21-/m0/s1. The van der Waals surface area contributed by atoms with Gasteiger partial charge in [0.05, 0.1) is 0 Å². The van der Waals surface area contributed by atoms with Gasteiger partial charge in [0.1, 0.15) is 19.3 Å². The van der Waals surface area contributed by atoms with Crippen molar-refractivity contribution in [3.63, 3.8) is 0 Å². The highest BCUT2D eigenvalue weighted by atomic mass is 16.6. The zero-order valence-corrected chi connectivity index (χ0v) is 18.6. The molecular formula is C25H32N2O4. The van der Waals surface area contributed by atoms with Crippen LogP contribution < -0.4 is 14.8 Å². The van der Waals surface area contributed by atoms with Crippen LogP contribution in [0.4, 0.5) is 0 Å². The number of nitrogens with zero attached hydrogens (tertiary/aromatic N) is 1. The second-order valence-corrected chi connectivity index (χ2v) is 7.74. The van der Waals surface area contributed by atoms with E-state index in [1.54, 1.807) is 4.90 Å². The molecule has 0 aliphatic carbocycles. The fourth-order valence-electron chi connectivity index (χ4n) is 3.82. The summed E-state index contributed by atoms with van der Waals surface area (Å²) in [7, 11) is 0. The molecule has 6 heteroatoms. The van der Waals surface area contributed by atoms with Gasteiger partial charge in [-0.25, -0.2) is 0 Å². The molecule has 6 nitrogen and oxygen atoms in total. The highest BCUT2D eigenvalue weighted by Gasteiger charge is 2.28. The summed E-state index contributed by atoms with van der Waals surface area (Å²) < 4.78 is 11.2. The van der Waals surface area contributed by atoms with Crippen LogP contribution in [0.5, 0.6) is 11.5 Å². The van der Waals surface area contributed by atoms with Crippen molar-refractivity contribution < 1.29 is 19.1 Å². The molecule has 1 N–H and O–H groups in total. The maximum absolute atomic E-state index is 13.3. The third-order valence-electron chi connectivity index (χ3n) is 5.57. The van der Waals surface area contributed by atoms with Gasteiger partial charge in [0.2, 0.25) is 11.8 Å². The molecule has 0 saturated heterocycles. The average molecular weight is 425 g/mol. The molecule has 31 heavy (non-hydrogen) atoms. The fourth-order valence-corrected chi connectivity index (χ4v) is 3.82. The first-order chi connectivity index (χ1) is 15.0. The third-order valence-corrected chi connectivity index (χ3v) is 5.57. The molecule has 2 amide bonds. The van der Waals surface area contributed by atoms with E-state index < -0.39 is 6.04 Å². The minimum atomic E-state index is -0.493. The largest absolute Gasteiger partial charge is 0.486 e. The van der Waals surface area contributed by atoms with Crippen molar-refractivity contribution in [1.82, 2.24) is 10.2 Å². The van der Waals surface area contributed by atoms with Crippen LogP contribution in [0.3, 0.4) is 0 Å². The van der Waals surface area contributed by atoms with Crippen molar-refractivity contribution >= 4 is 11.8 Å². The Labute approximate surface area is 184 Å². The lowest BCUT2D eigenvalue weighted by molar-refractivity contribution is -0.141. The maximum atomic E-state index is 13.3. The summed E-state index contributed by atoms with van der Waals surface area (Å²) >= 11 is 0. The Morgan fingerprint density at radius 1 is 1.06 bits per heavy atom. The topological polar surface area (TPSA) is 67.9 Å². The number of benzene rings is 2. The third kappa shape index (κ3) is 5.78. The lowest BCUT2D eigenvalue weighted by Gasteiger charge is -2.31. The molecule has 0 saturated carbocycles. The Kier molecular flexibility index (Phi) is 7.93. The van der Waals surface area contributed by atoms with Gasteiger partial charge in [0.15, 0.2) is 11.5 Å². The maximum Gasteiger partial charge on any atom is 0.242 e. The number of likely N-dealkylation sites (N-methyl/N-ethyl adjacent to an activating group) is 1. The molecule has 1 heterocycles. The van der Waals surface area contributed by atoms with E-state index in [0.717, 1.165) is 28.2 Å². The number of ether oxygens (including phenoxy) is 2. The van der Waals surface area contributed by atoms with Crippen LogP contribution in [-0.4, -0.2) is 42.5 Å². The van der Waals surface area contributed by atoms with E-state index in [-0.39, 0.29) is 11.8 Å². The van der Waals surface area contributed by atoms with Gasteiger partial charge in [-0.3, -0.25) is 9.59 Å². The SMILES string of the molecule is CCNC(=O)[C@H](CC)N(Cc1ccccc1C)C(=O)CCc1ccc2c(c1)OCCO2. The summed E-state index contributed by atoms with van der Waals surface area (Å²) in [6.07, 6.45) is 1.46. The van der Waals surface area contributed by atoms with Gasteiger partial charge in [-0.15, -0.1) is 0 Å². The molecule has 0 bridgehead atoms. The van der Waals surface area contributed by atoms with Gasteiger partial charge < -0.3 is 19.7 Å². The van der Waals surface area contributed by atoms with E-state index in [1.807, 2.05) is 63.2 Å². The van der Waals surface area contributed by atoms with Crippen molar-refractivity contribution in [1.29, 1.82) is 0 Å². The predicted octanol–water partition coefficient (Wildman–Crippen LogP) is 3.64. The summed E-state index contributed by atoms with van der Waals surface area (Å²) in [6.45, 7) is 7.90. The Balaban J connectivity index is 1.76. The number of hydrogen-bond acceptors (Lipinski definition) is 4. The van der Waals surface area contributed by atoms with Gasteiger partial charge >= 0.3 is 0 Å². The highest BCUT2D eigenvalue weighted by Crippen LogP contribution is 2.31. The first kappa shape index (κ1) is 22.7. The van der Waals surface area contributed by atoms with Gasteiger partial charge in [-0.05, 0) is 55.5 Å². The summed E-state index contributed by atoms with van der Waals surface area (Å²) in [5.41, 5.74) is 3.18. The van der Waals surface area contributed by atoms with Crippen molar-refractivity contribution in [3.8, 4) is 11.5 Å². The second-order valence-electron chi connectivity index (χ2n) is 7.74.